The lowest BCUT2D eigenvalue weighted by atomic mass is 10.3. The second kappa shape index (κ2) is 9.30. The molecule has 1 aromatic heterocycles. The molecule has 0 aliphatic carbocycles. The first kappa shape index (κ1) is 19.9. The van der Waals surface area contributed by atoms with Gasteiger partial charge < -0.3 is 15.4 Å². The molecule has 0 bridgehead atoms. The standard InChI is InChI=1S/C17H17ClFN3O3S/c1-10(5-6-20-17(24)16-11(2)21-9-26-16)22-15(23)8-25-12-3-4-13(18)14(19)7-12/h3-4,7,9H,1,5-6,8H2,2H3,(H,20,24)(H,22,23). The summed E-state index contributed by atoms with van der Waals surface area (Å²) in [6.45, 7) is 5.51. The SMILES string of the molecule is C=C(CCNC(=O)c1scnc1C)NC(=O)COc1ccc(Cl)c(F)c1. The monoisotopic (exact) mass is 397 g/mol. The van der Waals surface area contributed by atoms with E-state index in [1.54, 1.807) is 12.4 Å². The Bertz CT molecular complexity index is 825. The van der Waals surface area contributed by atoms with Crippen LogP contribution >= 0.6 is 22.9 Å². The van der Waals surface area contributed by atoms with Gasteiger partial charge in [0.2, 0.25) is 0 Å². The maximum absolute atomic E-state index is 13.3. The van der Waals surface area contributed by atoms with Crippen LogP contribution in [0.5, 0.6) is 5.75 Å². The molecule has 0 saturated carbocycles. The molecule has 0 unspecified atom stereocenters. The molecule has 2 N–H and O–H groups in total. The van der Waals surface area contributed by atoms with Crippen molar-refractivity contribution in [3.63, 3.8) is 0 Å². The molecule has 0 aliphatic heterocycles. The van der Waals surface area contributed by atoms with E-state index in [2.05, 4.69) is 22.2 Å². The molecular formula is C17H17ClFN3O3S. The van der Waals surface area contributed by atoms with E-state index in [0.717, 1.165) is 6.07 Å². The van der Waals surface area contributed by atoms with Gasteiger partial charge in [0.25, 0.3) is 11.8 Å². The number of nitrogens with zero attached hydrogens (tertiary/aromatic N) is 1. The Kier molecular flexibility index (Phi) is 7.11. The predicted octanol–water partition coefficient (Wildman–Crippen LogP) is 3.07. The van der Waals surface area contributed by atoms with Gasteiger partial charge in [-0.15, -0.1) is 11.3 Å². The third kappa shape index (κ3) is 5.82. The fraction of sp³-hybridized carbons (Fsp3) is 0.235. The Balaban J connectivity index is 1.68. The Hall–Kier alpha value is -2.45. The Morgan fingerprint density at radius 3 is 2.85 bits per heavy atom. The van der Waals surface area contributed by atoms with Gasteiger partial charge in [0.1, 0.15) is 16.4 Å². The van der Waals surface area contributed by atoms with Crippen LogP contribution in [-0.4, -0.2) is 29.9 Å². The number of carbonyl (C=O) groups excluding carboxylic acids is 2. The number of amides is 2. The highest BCUT2D eigenvalue weighted by molar-refractivity contribution is 7.11. The van der Waals surface area contributed by atoms with E-state index in [0.29, 0.717) is 29.2 Å². The number of aromatic nitrogens is 1. The quantitative estimate of drug-likeness (QED) is 0.717. The highest BCUT2D eigenvalue weighted by atomic mass is 35.5. The number of nitrogens with one attached hydrogen (secondary N) is 2. The van der Waals surface area contributed by atoms with Crippen molar-refractivity contribution >= 4 is 34.8 Å². The van der Waals surface area contributed by atoms with Crippen LogP contribution in [0, 0.1) is 12.7 Å². The van der Waals surface area contributed by atoms with Gasteiger partial charge in [-0.25, -0.2) is 9.37 Å². The maximum Gasteiger partial charge on any atom is 0.263 e. The fourth-order valence-corrected chi connectivity index (χ4v) is 2.77. The van der Waals surface area contributed by atoms with Crippen molar-refractivity contribution < 1.29 is 18.7 Å². The zero-order valence-electron chi connectivity index (χ0n) is 14.0. The maximum atomic E-state index is 13.3. The van der Waals surface area contributed by atoms with Crippen LogP contribution in [0.25, 0.3) is 0 Å². The second-order valence-electron chi connectivity index (χ2n) is 5.29. The van der Waals surface area contributed by atoms with Crippen molar-refractivity contribution in [2.24, 2.45) is 0 Å². The summed E-state index contributed by atoms with van der Waals surface area (Å²) >= 11 is 6.84. The first-order valence-electron chi connectivity index (χ1n) is 7.60. The first-order valence-corrected chi connectivity index (χ1v) is 8.86. The van der Waals surface area contributed by atoms with Crippen molar-refractivity contribution in [1.82, 2.24) is 15.6 Å². The average Bonchev–Trinajstić information content (AvgIpc) is 3.02. The third-order valence-electron chi connectivity index (χ3n) is 3.24. The molecule has 2 aromatic rings. The number of hydrogen-bond acceptors (Lipinski definition) is 5. The number of thiazole rings is 1. The van der Waals surface area contributed by atoms with Crippen LogP contribution < -0.4 is 15.4 Å². The lowest BCUT2D eigenvalue weighted by molar-refractivity contribution is -0.122. The normalized spacial score (nSPS) is 10.3. The van der Waals surface area contributed by atoms with E-state index in [4.69, 9.17) is 16.3 Å². The Labute approximate surface area is 159 Å². The van der Waals surface area contributed by atoms with Gasteiger partial charge >= 0.3 is 0 Å². The van der Waals surface area contributed by atoms with Gasteiger partial charge in [0.15, 0.2) is 6.61 Å². The summed E-state index contributed by atoms with van der Waals surface area (Å²) in [5.74, 6) is -1.08. The lowest BCUT2D eigenvalue weighted by Gasteiger charge is -2.10. The van der Waals surface area contributed by atoms with Crippen molar-refractivity contribution in [1.29, 1.82) is 0 Å². The number of ether oxygens (including phenoxy) is 1. The van der Waals surface area contributed by atoms with E-state index < -0.39 is 11.7 Å². The zero-order valence-corrected chi connectivity index (χ0v) is 15.5. The molecule has 1 heterocycles. The predicted molar refractivity (Wildman–Crippen MR) is 98.0 cm³/mol. The van der Waals surface area contributed by atoms with Crippen LogP contribution in [0.1, 0.15) is 21.8 Å². The first-order chi connectivity index (χ1) is 12.4. The van der Waals surface area contributed by atoms with Crippen LogP contribution in [0.3, 0.4) is 0 Å². The molecule has 0 aliphatic rings. The third-order valence-corrected chi connectivity index (χ3v) is 4.48. The molecule has 0 fully saturated rings. The highest BCUT2D eigenvalue weighted by Gasteiger charge is 2.11. The highest BCUT2D eigenvalue weighted by Crippen LogP contribution is 2.20. The van der Waals surface area contributed by atoms with Gasteiger partial charge in [-0.05, 0) is 19.1 Å². The summed E-state index contributed by atoms with van der Waals surface area (Å²) < 4.78 is 18.5. The fourth-order valence-electron chi connectivity index (χ4n) is 1.94. The van der Waals surface area contributed by atoms with Gasteiger partial charge in [0.05, 0.1) is 16.2 Å². The van der Waals surface area contributed by atoms with Gasteiger partial charge in [-0.3, -0.25) is 9.59 Å². The number of hydrogen-bond donors (Lipinski definition) is 2. The van der Waals surface area contributed by atoms with E-state index in [1.165, 1.54) is 23.5 Å². The Morgan fingerprint density at radius 2 is 2.19 bits per heavy atom. The van der Waals surface area contributed by atoms with Gasteiger partial charge in [-0.2, -0.15) is 0 Å². The molecule has 0 atom stereocenters. The summed E-state index contributed by atoms with van der Waals surface area (Å²) in [6, 6.07) is 3.91. The number of halogens is 2. The van der Waals surface area contributed by atoms with Crippen molar-refractivity contribution in [3.8, 4) is 5.75 Å². The van der Waals surface area contributed by atoms with E-state index >= 15 is 0 Å². The number of carbonyl (C=O) groups is 2. The minimum absolute atomic E-state index is 0.0225. The number of benzene rings is 1. The molecular weight excluding hydrogens is 381 g/mol. The molecule has 2 rings (SSSR count). The molecule has 0 spiro atoms. The molecule has 0 saturated heterocycles. The van der Waals surface area contributed by atoms with Crippen LogP contribution in [0.4, 0.5) is 4.39 Å². The van der Waals surface area contributed by atoms with E-state index in [1.807, 2.05) is 0 Å². The number of aryl methyl sites for hydroxylation is 1. The van der Waals surface area contributed by atoms with E-state index in [-0.39, 0.29) is 23.3 Å². The molecule has 1 aromatic carbocycles. The van der Waals surface area contributed by atoms with Gasteiger partial charge in [0, 0.05) is 24.7 Å². The summed E-state index contributed by atoms with van der Waals surface area (Å²) in [6.07, 6.45) is 0.366. The minimum atomic E-state index is -0.624. The van der Waals surface area contributed by atoms with Crippen LogP contribution in [0.15, 0.2) is 36.0 Å². The van der Waals surface area contributed by atoms with Crippen molar-refractivity contribution in [3.05, 3.63) is 57.4 Å². The largest absolute Gasteiger partial charge is 0.484 e. The summed E-state index contributed by atoms with van der Waals surface area (Å²) in [5.41, 5.74) is 2.72. The molecule has 26 heavy (non-hydrogen) atoms. The van der Waals surface area contributed by atoms with Crippen LogP contribution in [-0.2, 0) is 4.79 Å². The molecule has 2 amide bonds. The number of rotatable bonds is 8. The van der Waals surface area contributed by atoms with E-state index in [9.17, 15) is 14.0 Å². The zero-order chi connectivity index (χ0) is 19.1. The van der Waals surface area contributed by atoms with Crippen molar-refractivity contribution in [2.45, 2.75) is 13.3 Å². The molecule has 6 nitrogen and oxygen atoms in total. The van der Waals surface area contributed by atoms with Crippen LogP contribution in [0.2, 0.25) is 5.02 Å². The Morgan fingerprint density at radius 1 is 1.42 bits per heavy atom. The summed E-state index contributed by atoms with van der Waals surface area (Å²) in [4.78, 5) is 28.3. The second-order valence-corrected chi connectivity index (χ2v) is 6.55. The summed E-state index contributed by atoms with van der Waals surface area (Å²) in [5, 5.41) is 5.27. The molecule has 0 radical (unpaired) electrons. The molecule has 9 heteroatoms. The molecule has 138 valence electrons. The summed E-state index contributed by atoms with van der Waals surface area (Å²) in [7, 11) is 0. The van der Waals surface area contributed by atoms with Gasteiger partial charge in [-0.1, -0.05) is 18.2 Å². The smallest absolute Gasteiger partial charge is 0.263 e. The lowest BCUT2D eigenvalue weighted by Crippen LogP contribution is -2.30. The minimum Gasteiger partial charge on any atom is -0.484 e. The topological polar surface area (TPSA) is 80.3 Å². The average molecular weight is 398 g/mol. The van der Waals surface area contributed by atoms with Crippen molar-refractivity contribution in [2.75, 3.05) is 13.2 Å².